The second kappa shape index (κ2) is 7.99. The number of nitriles is 1. The van der Waals surface area contributed by atoms with Crippen molar-refractivity contribution in [2.45, 2.75) is 19.5 Å². The van der Waals surface area contributed by atoms with Gasteiger partial charge < -0.3 is 9.80 Å². The van der Waals surface area contributed by atoms with Crippen LogP contribution in [0.1, 0.15) is 23.1 Å². The van der Waals surface area contributed by atoms with Crippen LogP contribution in [0.15, 0.2) is 69.8 Å². The zero-order valence-electron chi connectivity index (χ0n) is 15.3. The van der Waals surface area contributed by atoms with Crippen molar-refractivity contribution in [2.24, 2.45) is 4.99 Å². The number of aliphatic imine (C=N–C) groups is 1. The van der Waals surface area contributed by atoms with Crippen molar-refractivity contribution in [1.82, 2.24) is 9.80 Å². The minimum Gasteiger partial charge on any atom is -0.372 e. The normalized spacial score (nSPS) is 16.2. The summed E-state index contributed by atoms with van der Waals surface area (Å²) in [4.78, 5) is 21.6. The Hall–Kier alpha value is -2.91. The molecular formula is C22H19BrN4O. The Kier molecular flexibility index (Phi) is 5.27. The minimum absolute atomic E-state index is 0.0309. The molecule has 0 bridgehead atoms. The maximum atomic E-state index is 13.0. The molecule has 0 spiro atoms. The van der Waals surface area contributed by atoms with Gasteiger partial charge in [-0.05, 0) is 35.4 Å². The Labute approximate surface area is 172 Å². The van der Waals surface area contributed by atoms with Crippen molar-refractivity contribution in [3.63, 3.8) is 0 Å². The Morgan fingerprint density at radius 1 is 1.11 bits per heavy atom. The molecule has 0 aliphatic carbocycles. The highest BCUT2D eigenvalue weighted by molar-refractivity contribution is 9.10. The lowest BCUT2D eigenvalue weighted by molar-refractivity contribution is -0.127. The molecule has 0 aromatic heterocycles. The number of benzene rings is 2. The fourth-order valence-corrected chi connectivity index (χ4v) is 3.75. The second-order valence-electron chi connectivity index (χ2n) is 6.95. The van der Waals surface area contributed by atoms with Gasteiger partial charge in [0, 0.05) is 36.7 Å². The lowest BCUT2D eigenvalue weighted by Crippen LogP contribution is -2.42. The molecule has 2 aromatic carbocycles. The van der Waals surface area contributed by atoms with E-state index >= 15 is 0 Å². The molecule has 2 aliphatic rings. The summed E-state index contributed by atoms with van der Waals surface area (Å²) in [5.41, 5.74) is 4.38. The third kappa shape index (κ3) is 4.00. The molecule has 0 saturated heterocycles. The first-order valence-corrected chi connectivity index (χ1v) is 9.94. The Morgan fingerprint density at radius 2 is 1.93 bits per heavy atom. The molecule has 1 amide bonds. The zero-order chi connectivity index (χ0) is 19.5. The topological polar surface area (TPSA) is 59.7 Å². The predicted octanol–water partition coefficient (Wildman–Crippen LogP) is 3.85. The van der Waals surface area contributed by atoms with Gasteiger partial charge in [-0.2, -0.15) is 5.26 Å². The van der Waals surface area contributed by atoms with Crippen molar-refractivity contribution in [3.05, 3.63) is 81.5 Å². The quantitative estimate of drug-likeness (QED) is 0.733. The molecule has 0 saturated carbocycles. The number of nitrogens with zero attached hydrogens (tertiary/aromatic N) is 4. The molecule has 0 N–H and O–H groups in total. The average molecular weight is 435 g/mol. The van der Waals surface area contributed by atoms with E-state index in [0.717, 1.165) is 34.3 Å². The largest absolute Gasteiger partial charge is 0.372 e. The van der Waals surface area contributed by atoms with E-state index < -0.39 is 0 Å². The molecule has 5 nitrogen and oxygen atoms in total. The van der Waals surface area contributed by atoms with Gasteiger partial charge in [0.05, 0.1) is 22.9 Å². The molecule has 28 heavy (non-hydrogen) atoms. The molecular weight excluding hydrogens is 416 g/mol. The molecule has 0 atom stereocenters. The van der Waals surface area contributed by atoms with Crippen LogP contribution in [0.25, 0.3) is 0 Å². The van der Waals surface area contributed by atoms with E-state index in [1.165, 1.54) is 0 Å². The Bertz CT molecular complexity index is 1000. The number of carbonyl (C=O) groups excluding carboxylic acids is 1. The third-order valence-corrected chi connectivity index (χ3v) is 5.47. The molecule has 2 aromatic rings. The molecule has 0 unspecified atom stereocenters. The van der Waals surface area contributed by atoms with Crippen LogP contribution < -0.4 is 0 Å². The highest BCUT2D eigenvalue weighted by atomic mass is 79.9. The SMILES string of the molecule is N#Cc1cccc(CN2C=C3C(=O)N(Cc4ccc(Br)cc4)CN=C3CC2)c1. The van der Waals surface area contributed by atoms with Crippen LogP contribution in [-0.2, 0) is 17.9 Å². The maximum Gasteiger partial charge on any atom is 0.258 e. The lowest BCUT2D eigenvalue weighted by Gasteiger charge is -2.33. The van der Waals surface area contributed by atoms with Crippen molar-refractivity contribution in [1.29, 1.82) is 5.26 Å². The first kappa shape index (κ1) is 18.5. The number of fused-ring (bicyclic) bond motifs is 1. The predicted molar refractivity (Wildman–Crippen MR) is 111 cm³/mol. The van der Waals surface area contributed by atoms with Crippen LogP contribution in [0.2, 0.25) is 0 Å². The van der Waals surface area contributed by atoms with Gasteiger partial charge in [-0.3, -0.25) is 9.79 Å². The molecule has 2 aliphatic heterocycles. The van der Waals surface area contributed by atoms with Crippen molar-refractivity contribution < 1.29 is 4.79 Å². The fraction of sp³-hybridized carbons (Fsp3) is 0.227. The molecule has 2 heterocycles. The van der Waals surface area contributed by atoms with Gasteiger partial charge in [0.15, 0.2) is 0 Å². The molecule has 4 rings (SSSR count). The van der Waals surface area contributed by atoms with E-state index in [-0.39, 0.29) is 5.91 Å². The highest BCUT2D eigenvalue weighted by Gasteiger charge is 2.30. The smallest absolute Gasteiger partial charge is 0.258 e. The number of hydrogen-bond acceptors (Lipinski definition) is 4. The van der Waals surface area contributed by atoms with Gasteiger partial charge in [-0.25, -0.2) is 0 Å². The highest BCUT2D eigenvalue weighted by Crippen LogP contribution is 2.23. The summed E-state index contributed by atoms with van der Waals surface area (Å²) in [5, 5.41) is 9.08. The molecule has 140 valence electrons. The van der Waals surface area contributed by atoms with Gasteiger partial charge in [0.1, 0.15) is 6.67 Å². The van der Waals surface area contributed by atoms with Crippen LogP contribution in [-0.4, -0.2) is 34.6 Å². The van der Waals surface area contributed by atoms with Crippen LogP contribution in [0.4, 0.5) is 0 Å². The van der Waals surface area contributed by atoms with Crippen LogP contribution in [0.3, 0.4) is 0 Å². The van der Waals surface area contributed by atoms with Crippen LogP contribution >= 0.6 is 15.9 Å². The number of carbonyl (C=O) groups is 1. The summed E-state index contributed by atoms with van der Waals surface area (Å²) >= 11 is 3.44. The zero-order valence-corrected chi connectivity index (χ0v) is 16.9. The summed E-state index contributed by atoms with van der Waals surface area (Å²) in [6, 6.07) is 17.8. The van der Waals surface area contributed by atoms with E-state index in [4.69, 9.17) is 5.26 Å². The first-order valence-electron chi connectivity index (χ1n) is 9.15. The van der Waals surface area contributed by atoms with E-state index in [0.29, 0.717) is 30.9 Å². The number of halogens is 1. The fourth-order valence-electron chi connectivity index (χ4n) is 3.48. The van der Waals surface area contributed by atoms with Gasteiger partial charge >= 0.3 is 0 Å². The van der Waals surface area contributed by atoms with Crippen molar-refractivity contribution in [2.75, 3.05) is 13.2 Å². The lowest BCUT2D eigenvalue weighted by atomic mass is 10.0. The van der Waals surface area contributed by atoms with E-state index in [1.54, 1.807) is 11.0 Å². The van der Waals surface area contributed by atoms with Gasteiger partial charge in [0.25, 0.3) is 5.91 Å². The maximum absolute atomic E-state index is 13.0. The minimum atomic E-state index is 0.0309. The van der Waals surface area contributed by atoms with E-state index in [1.807, 2.05) is 48.7 Å². The summed E-state index contributed by atoms with van der Waals surface area (Å²) < 4.78 is 1.02. The summed E-state index contributed by atoms with van der Waals surface area (Å²) in [5.74, 6) is 0.0309. The third-order valence-electron chi connectivity index (χ3n) is 4.94. The van der Waals surface area contributed by atoms with Crippen LogP contribution in [0, 0.1) is 11.3 Å². The molecule has 0 fully saturated rings. The summed E-state index contributed by atoms with van der Waals surface area (Å²) in [6.45, 7) is 2.45. The molecule has 0 radical (unpaired) electrons. The Balaban J connectivity index is 1.50. The standard InChI is InChI=1S/C22H19BrN4O/c23-19-6-4-16(5-7-19)13-27-15-25-21-8-9-26(14-20(21)22(27)28)12-18-3-1-2-17(10-18)11-24/h1-7,10,14H,8-9,12-13,15H2. The van der Waals surface area contributed by atoms with Crippen LogP contribution in [0.5, 0.6) is 0 Å². The van der Waals surface area contributed by atoms with Gasteiger partial charge in [-0.15, -0.1) is 0 Å². The monoisotopic (exact) mass is 434 g/mol. The number of rotatable bonds is 4. The average Bonchev–Trinajstić information content (AvgIpc) is 2.72. The second-order valence-corrected chi connectivity index (χ2v) is 7.87. The first-order chi connectivity index (χ1) is 13.6. The van der Waals surface area contributed by atoms with Crippen molar-refractivity contribution >= 4 is 27.5 Å². The molecule has 6 heteroatoms. The number of amides is 1. The summed E-state index contributed by atoms with van der Waals surface area (Å²) in [6.07, 6.45) is 2.69. The Morgan fingerprint density at radius 3 is 2.71 bits per heavy atom. The van der Waals surface area contributed by atoms with Crippen molar-refractivity contribution in [3.8, 4) is 6.07 Å². The van der Waals surface area contributed by atoms with Gasteiger partial charge in [0.2, 0.25) is 0 Å². The van der Waals surface area contributed by atoms with E-state index in [2.05, 4.69) is 31.9 Å². The van der Waals surface area contributed by atoms with E-state index in [9.17, 15) is 4.79 Å². The van der Waals surface area contributed by atoms with Gasteiger partial charge in [-0.1, -0.05) is 40.2 Å². The summed E-state index contributed by atoms with van der Waals surface area (Å²) in [7, 11) is 0. The number of hydrogen-bond donors (Lipinski definition) is 0.